The maximum Gasteiger partial charge on any atom is 0.356 e. The van der Waals surface area contributed by atoms with E-state index in [0.717, 1.165) is 0 Å². The van der Waals surface area contributed by atoms with Crippen molar-refractivity contribution in [3.05, 3.63) is 24.0 Å². The first kappa shape index (κ1) is 13.0. The second-order valence-electron chi connectivity index (χ2n) is 4.20. The maximum atomic E-state index is 11.8. The summed E-state index contributed by atoms with van der Waals surface area (Å²) in [5.41, 5.74) is 5.87. The number of amides is 2. The van der Waals surface area contributed by atoms with E-state index in [9.17, 15) is 14.4 Å². The van der Waals surface area contributed by atoms with E-state index < -0.39 is 17.8 Å². The number of methoxy groups -OCH3 is 1. The Morgan fingerprint density at radius 3 is 2.68 bits per heavy atom. The van der Waals surface area contributed by atoms with Crippen LogP contribution in [0.1, 0.15) is 16.9 Å². The molecule has 0 radical (unpaired) electrons. The van der Waals surface area contributed by atoms with Crippen LogP contribution in [0.5, 0.6) is 0 Å². The second kappa shape index (κ2) is 5.05. The number of aromatic nitrogens is 1. The van der Waals surface area contributed by atoms with Gasteiger partial charge in [-0.05, 0) is 12.1 Å². The summed E-state index contributed by atoms with van der Waals surface area (Å²) >= 11 is 0. The normalized spacial score (nSPS) is 18.5. The van der Waals surface area contributed by atoms with Gasteiger partial charge in [0.15, 0.2) is 0 Å². The topological polar surface area (TPSA) is 103 Å². The molecule has 2 rings (SSSR count). The number of esters is 1. The number of anilines is 1. The minimum Gasteiger partial charge on any atom is -0.464 e. The van der Waals surface area contributed by atoms with Gasteiger partial charge in [-0.15, -0.1) is 0 Å². The fourth-order valence-corrected chi connectivity index (χ4v) is 1.92. The van der Waals surface area contributed by atoms with E-state index in [1.165, 1.54) is 24.3 Å². The van der Waals surface area contributed by atoms with Gasteiger partial charge >= 0.3 is 5.97 Å². The minimum atomic E-state index is -0.547. The zero-order chi connectivity index (χ0) is 14.0. The zero-order valence-electron chi connectivity index (χ0n) is 10.3. The molecule has 1 aromatic heterocycles. The van der Waals surface area contributed by atoms with Crippen molar-refractivity contribution >= 4 is 23.5 Å². The summed E-state index contributed by atoms with van der Waals surface area (Å²) in [5.74, 6) is -1.70. The van der Waals surface area contributed by atoms with Crippen molar-refractivity contribution in [1.82, 2.24) is 4.98 Å². The lowest BCUT2D eigenvalue weighted by atomic mass is 10.1. The third-order valence-electron chi connectivity index (χ3n) is 2.98. The van der Waals surface area contributed by atoms with E-state index in [1.54, 1.807) is 6.07 Å². The highest BCUT2D eigenvalue weighted by Crippen LogP contribution is 2.24. The van der Waals surface area contributed by atoms with Gasteiger partial charge in [-0.25, -0.2) is 9.78 Å². The molecule has 0 saturated carbocycles. The number of ether oxygens (including phenoxy) is 1. The minimum absolute atomic E-state index is 0.105. The summed E-state index contributed by atoms with van der Waals surface area (Å²) in [6.45, 7) is 0.243. The van der Waals surface area contributed by atoms with Crippen LogP contribution < -0.4 is 10.6 Å². The maximum absolute atomic E-state index is 11.8. The number of hydrogen-bond acceptors (Lipinski definition) is 5. The Hall–Kier alpha value is -2.44. The molecule has 1 fully saturated rings. The van der Waals surface area contributed by atoms with Crippen LogP contribution in [0.2, 0.25) is 0 Å². The average molecular weight is 263 g/mol. The van der Waals surface area contributed by atoms with Gasteiger partial charge < -0.3 is 15.4 Å². The lowest BCUT2D eigenvalue weighted by Gasteiger charge is -2.15. The van der Waals surface area contributed by atoms with Crippen LogP contribution in [0, 0.1) is 5.92 Å². The highest BCUT2D eigenvalue weighted by molar-refractivity contribution is 6.00. The quantitative estimate of drug-likeness (QED) is 0.754. The Kier molecular flexibility index (Phi) is 3.46. The monoisotopic (exact) mass is 263 g/mol. The van der Waals surface area contributed by atoms with E-state index in [1.807, 2.05) is 0 Å². The SMILES string of the molecule is COC(=O)c1ccc(N2CC(C(N)=O)CC2=O)cn1. The van der Waals surface area contributed by atoms with Gasteiger partial charge in [-0.2, -0.15) is 0 Å². The molecule has 2 heterocycles. The number of carbonyl (C=O) groups excluding carboxylic acids is 3. The first-order valence-corrected chi connectivity index (χ1v) is 5.67. The van der Waals surface area contributed by atoms with Crippen molar-refractivity contribution in [2.24, 2.45) is 11.7 Å². The Balaban J connectivity index is 2.17. The summed E-state index contributed by atoms with van der Waals surface area (Å²) in [5, 5.41) is 0. The Morgan fingerprint density at radius 2 is 2.21 bits per heavy atom. The lowest BCUT2D eigenvalue weighted by molar-refractivity contribution is -0.123. The van der Waals surface area contributed by atoms with Crippen LogP contribution in [0.15, 0.2) is 18.3 Å². The molecule has 7 heteroatoms. The van der Waals surface area contributed by atoms with Crippen LogP contribution in [0.25, 0.3) is 0 Å². The van der Waals surface area contributed by atoms with E-state index in [4.69, 9.17) is 5.73 Å². The van der Waals surface area contributed by atoms with E-state index in [2.05, 4.69) is 9.72 Å². The van der Waals surface area contributed by atoms with Gasteiger partial charge in [0.05, 0.1) is 24.9 Å². The number of hydrogen-bond donors (Lipinski definition) is 1. The first-order chi connectivity index (χ1) is 9.02. The van der Waals surface area contributed by atoms with Crippen LogP contribution >= 0.6 is 0 Å². The largest absolute Gasteiger partial charge is 0.464 e. The smallest absolute Gasteiger partial charge is 0.356 e. The molecule has 7 nitrogen and oxygen atoms in total. The summed E-state index contributed by atoms with van der Waals surface area (Å²) < 4.78 is 4.53. The van der Waals surface area contributed by atoms with Crippen molar-refractivity contribution in [3.63, 3.8) is 0 Å². The summed E-state index contributed by atoms with van der Waals surface area (Å²) in [6, 6.07) is 3.05. The molecule has 2 N–H and O–H groups in total. The fourth-order valence-electron chi connectivity index (χ4n) is 1.92. The molecular formula is C12H13N3O4. The number of rotatable bonds is 3. The molecule has 0 spiro atoms. The molecule has 1 saturated heterocycles. The van der Waals surface area contributed by atoms with Gasteiger partial charge in [-0.3, -0.25) is 9.59 Å². The molecule has 100 valence electrons. The molecular weight excluding hydrogens is 250 g/mol. The Bertz CT molecular complexity index is 526. The third kappa shape index (κ3) is 2.54. The van der Waals surface area contributed by atoms with Crippen LogP contribution in [-0.4, -0.2) is 36.4 Å². The lowest BCUT2D eigenvalue weighted by Crippen LogP contribution is -2.28. The summed E-state index contributed by atoms with van der Waals surface area (Å²) in [6.07, 6.45) is 1.50. The molecule has 0 aliphatic carbocycles. The predicted molar refractivity (Wildman–Crippen MR) is 65.2 cm³/mol. The van der Waals surface area contributed by atoms with Crippen molar-refractivity contribution in [1.29, 1.82) is 0 Å². The van der Waals surface area contributed by atoms with Crippen molar-refractivity contribution < 1.29 is 19.1 Å². The average Bonchev–Trinajstić information content (AvgIpc) is 2.80. The summed E-state index contributed by atoms with van der Waals surface area (Å²) in [4.78, 5) is 39.4. The molecule has 0 bridgehead atoms. The first-order valence-electron chi connectivity index (χ1n) is 5.67. The van der Waals surface area contributed by atoms with Gasteiger partial charge in [0.2, 0.25) is 11.8 Å². The number of nitrogens with zero attached hydrogens (tertiary/aromatic N) is 2. The highest BCUT2D eigenvalue weighted by Gasteiger charge is 2.34. The van der Waals surface area contributed by atoms with Gasteiger partial charge in [0.1, 0.15) is 5.69 Å². The fraction of sp³-hybridized carbons (Fsp3) is 0.333. The second-order valence-corrected chi connectivity index (χ2v) is 4.20. The Morgan fingerprint density at radius 1 is 1.47 bits per heavy atom. The van der Waals surface area contributed by atoms with Gasteiger partial charge in [-0.1, -0.05) is 0 Å². The standard InChI is InChI=1S/C12H13N3O4/c1-19-12(18)9-3-2-8(5-14-9)15-6-7(11(13)17)4-10(15)16/h2-3,5,7H,4,6H2,1H3,(H2,13,17). The van der Waals surface area contributed by atoms with E-state index >= 15 is 0 Å². The molecule has 19 heavy (non-hydrogen) atoms. The van der Waals surface area contributed by atoms with Crippen molar-refractivity contribution in [2.75, 3.05) is 18.6 Å². The molecule has 0 aromatic carbocycles. The Labute approximate surface area is 109 Å². The van der Waals surface area contributed by atoms with Crippen molar-refractivity contribution in [2.45, 2.75) is 6.42 Å². The van der Waals surface area contributed by atoms with E-state index in [-0.39, 0.29) is 24.6 Å². The predicted octanol–water partition coefficient (Wildman–Crippen LogP) is -0.294. The summed E-state index contributed by atoms with van der Waals surface area (Å²) in [7, 11) is 1.26. The van der Waals surface area contributed by atoms with Crippen LogP contribution in [-0.2, 0) is 14.3 Å². The number of nitrogens with two attached hydrogens (primary N) is 1. The molecule has 2 amide bonds. The molecule has 1 unspecified atom stereocenters. The number of pyridine rings is 1. The number of carbonyl (C=O) groups is 3. The van der Waals surface area contributed by atoms with Gasteiger partial charge in [0.25, 0.3) is 0 Å². The highest BCUT2D eigenvalue weighted by atomic mass is 16.5. The van der Waals surface area contributed by atoms with Crippen molar-refractivity contribution in [3.8, 4) is 0 Å². The van der Waals surface area contributed by atoms with Gasteiger partial charge in [0, 0.05) is 13.0 Å². The zero-order valence-corrected chi connectivity index (χ0v) is 10.3. The third-order valence-corrected chi connectivity index (χ3v) is 2.98. The van der Waals surface area contributed by atoms with Crippen LogP contribution in [0.3, 0.4) is 0 Å². The molecule has 1 aliphatic heterocycles. The molecule has 1 atom stereocenters. The molecule has 1 aliphatic rings. The molecule has 1 aromatic rings. The van der Waals surface area contributed by atoms with E-state index in [0.29, 0.717) is 5.69 Å². The number of primary amides is 1. The van der Waals surface area contributed by atoms with Crippen LogP contribution in [0.4, 0.5) is 5.69 Å².